The Labute approximate surface area is 133 Å². The number of hydrogen-bond acceptors (Lipinski definition) is 2. The van der Waals surface area contributed by atoms with Gasteiger partial charge < -0.3 is 10.5 Å². The molecule has 21 heavy (non-hydrogen) atoms. The van der Waals surface area contributed by atoms with Crippen LogP contribution in [0.15, 0.2) is 36.4 Å². The van der Waals surface area contributed by atoms with Crippen LogP contribution >= 0.6 is 12.4 Å². The summed E-state index contributed by atoms with van der Waals surface area (Å²) in [7, 11) is 1.72. The molecule has 0 saturated heterocycles. The molecule has 2 aromatic carbocycles. The van der Waals surface area contributed by atoms with Gasteiger partial charge in [0.15, 0.2) is 0 Å². The lowest BCUT2D eigenvalue weighted by Gasteiger charge is -2.28. The summed E-state index contributed by atoms with van der Waals surface area (Å²) < 4.78 is 5.47. The Kier molecular flexibility index (Phi) is 5.49. The molecule has 0 radical (unpaired) electrons. The number of fused-ring (bicyclic) bond motifs is 1. The molecular weight excluding hydrogens is 282 g/mol. The van der Waals surface area contributed by atoms with Crippen molar-refractivity contribution >= 4 is 23.2 Å². The zero-order chi connectivity index (χ0) is 13.9. The fourth-order valence-electron chi connectivity index (χ4n) is 3.51. The fourth-order valence-corrected chi connectivity index (χ4v) is 3.51. The van der Waals surface area contributed by atoms with Crippen LogP contribution in [0.4, 0.5) is 0 Å². The Morgan fingerprint density at radius 1 is 1.00 bits per heavy atom. The van der Waals surface area contributed by atoms with E-state index < -0.39 is 0 Å². The zero-order valence-corrected chi connectivity index (χ0v) is 13.4. The maximum Gasteiger partial charge on any atom is 0.126 e. The topological polar surface area (TPSA) is 35.2 Å². The SMILES string of the molecule is COc1ccc([C@@H](N)C2CCCCC2)c2ccccc12.Cl. The number of halogens is 1. The van der Waals surface area contributed by atoms with E-state index in [-0.39, 0.29) is 18.4 Å². The molecule has 0 aliphatic heterocycles. The summed E-state index contributed by atoms with van der Waals surface area (Å²) in [5.41, 5.74) is 7.86. The third-order valence-corrected chi connectivity index (χ3v) is 4.65. The Hall–Kier alpha value is -1.25. The normalized spacial score (nSPS) is 17.2. The predicted molar refractivity (Wildman–Crippen MR) is 91.3 cm³/mol. The molecule has 3 heteroatoms. The summed E-state index contributed by atoms with van der Waals surface area (Å²) in [5, 5.41) is 2.41. The van der Waals surface area contributed by atoms with E-state index in [1.807, 2.05) is 0 Å². The monoisotopic (exact) mass is 305 g/mol. The summed E-state index contributed by atoms with van der Waals surface area (Å²) >= 11 is 0. The molecule has 0 aromatic heterocycles. The van der Waals surface area contributed by atoms with E-state index in [1.165, 1.54) is 48.4 Å². The molecule has 1 aliphatic rings. The first-order chi connectivity index (χ1) is 9.81. The van der Waals surface area contributed by atoms with Crippen LogP contribution in [0.1, 0.15) is 43.7 Å². The molecule has 0 amide bonds. The number of ether oxygens (including phenoxy) is 1. The maximum absolute atomic E-state index is 6.59. The van der Waals surface area contributed by atoms with Crippen molar-refractivity contribution in [1.82, 2.24) is 0 Å². The summed E-state index contributed by atoms with van der Waals surface area (Å²) in [6.45, 7) is 0. The first kappa shape index (κ1) is 16.1. The highest BCUT2D eigenvalue weighted by molar-refractivity contribution is 5.91. The molecule has 1 saturated carbocycles. The number of benzene rings is 2. The highest BCUT2D eigenvalue weighted by atomic mass is 35.5. The predicted octanol–water partition coefficient (Wildman–Crippen LogP) is 4.85. The van der Waals surface area contributed by atoms with Gasteiger partial charge in [0.1, 0.15) is 5.75 Å². The van der Waals surface area contributed by atoms with Crippen LogP contribution < -0.4 is 10.5 Å². The largest absolute Gasteiger partial charge is 0.496 e. The summed E-state index contributed by atoms with van der Waals surface area (Å²) in [4.78, 5) is 0. The van der Waals surface area contributed by atoms with Gasteiger partial charge in [0.25, 0.3) is 0 Å². The Morgan fingerprint density at radius 3 is 2.33 bits per heavy atom. The van der Waals surface area contributed by atoms with Crippen LogP contribution in [-0.2, 0) is 0 Å². The molecule has 0 heterocycles. The Morgan fingerprint density at radius 2 is 1.67 bits per heavy atom. The van der Waals surface area contributed by atoms with Crippen molar-refractivity contribution in [3.63, 3.8) is 0 Å². The van der Waals surface area contributed by atoms with Gasteiger partial charge in [-0.1, -0.05) is 49.6 Å². The molecule has 2 N–H and O–H groups in total. The van der Waals surface area contributed by atoms with Gasteiger partial charge in [-0.25, -0.2) is 0 Å². The van der Waals surface area contributed by atoms with Crippen molar-refractivity contribution in [3.05, 3.63) is 42.0 Å². The van der Waals surface area contributed by atoms with E-state index >= 15 is 0 Å². The lowest BCUT2D eigenvalue weighted by Crippen LogP contribution is -2.23. The number of nitrogens with two attached hydrogens (primary N) is 1. The minimum absolute atomic E-state index is 0. The van der Waals surface area contributed by atoms with Crippen molar-refractivity contribution in [2.75, 3.05) is 7.11 Å². The van der Waals surface area contributed by atoms with Crippen molar-refractivity contribution in [2.24, 2.45) is 11.7 Å². The molecule has 2 nitrogen and oxygen atoms in total. The van der Waals surface area contributed by atoms with Crippen molar-refractivity contribution in [1.29, 1.82) is 0 Å². The lowest BCUT2D eigenvalue weighted by atomic mass is 9.80. The minimum atomic E-state index is 0. The molecule has 0 spiro atoms. The van der Waals surface area contributed by atoms with Gasteiger partial charge in [-0.05, 0) is 35.8 Å². The molecule has 1 aliphatic carbocycles. The molecule has 0 unspecified atom stereocenters. The van der Waals surface area contributed by atoms with Crippen LogP contribution in [0.3, 0.4) is 0 Å². The Bertz CT molecular complexity index is 593. The van der Waals surface area contributed by atoms with Crippen LogP contribution in [-0.4, -0.2) is 7.11 Å². The highest BCUT2D eigenvalue weighted by Crippen LogP contribution is 2.37. The smallest absolute Gasteiger partial charge is 0.126 e. The lowest BCUT2D eigenvalue weighted by molar-refractivity contribution is 0.309. The van der Waals surface area contributed by atoms with Crippen molar-refractivity contribution in [3.8, 4) is 5.75 Å². The molecule has 1 fully saturated rings. The van der Waals surface area contributed by atoms with Gasteiger partial charge in [0, 0.05) is 11.4 Å². The van der Waals surface area contributed by atoms with E-state index in [2.05, 4.69) is 36.4 Å². The first-order valence-electron chi connectivity index (χ1n) is 7.62. The van der Waals surface area contributed by atoms with Crippen LogP contribution in [0.5, 0.6) is 5.75 Å². The highest BCUT2D eigenvalue weighted by Gasteiger charge is 2.23. The zero-order valence-electron chi connectivity index (χ0n) is 12.5. The second kappa shape index (κ2) is 7.15. The number of hydrogen-bond donors (Lipinski definition) is 1. The summed E-state index contributed by atoms with van der Waals surface area (Å²) in [6, 6.07) is 12.8. The third kappa shape index (κ3) is 3.17. The van der Waals surface area contributed by atoms with Crippen LogP contribution in [0, 0.1) is 5.92 Å². The van der Waals surface area contributed by atoms with E-state index in [4.69, 9.17) is 10.5 Å². The molecule has 0 bridgehead atoms. The van der Waals surface area contributed by atoms with Gasteiger partial charge in [-0.15, -0.1) is 12.4 Å². The van der Waals surface area contributed by atoms with E-state index in [0.29, 0.717) is 5.92 Å². The van der Waals surface area contributed by atoms with E-state index in [0.717, 1.165) is 5.75 Å². The molecule has 3 rings (SSSR count). The molecule has 114 valence electrons. The van der Waals surface area contributed by atoms with Gasteiger partial charge in [0.2, 0.25) is 0 Å². The molecule has 2 aromatic rings. The minimum Gasteiger partial charge on any atom is -0.496 e. The molecule has 1 atom stereocenters. The van der Waals surface area contributed by atoms with Gasteiger partial charge in [0.05, 0.1) is 7.11 Å². The Balaban J connectivity index is 0.00000161. The second-order valence-electron chi connectivity index (χ2n) is 5.83. The second-order valence-corrected chi connectivity index (χ2v) is 5.83. The van der Waals surface area contributed by atoms with Gasteiger partial charge in [-0.3, -0.25) is 0 Å². The van der Waals surface area contributed by atoms with Gasteiger partial charge >= 0.3 is 0 Å². The molecular formula is C18H24ClNO. The average molecular weight is 306 g/mol. The van der Waals surface area contributed by atoms with Crippen LogP contribution in [0.25, 0.3) is 10.8 Å². The summed E-state index contributed by atoms with van der Waals surface area (Å²) in [5.74, 6) is 1.56. The fraction of sp³-hybridized carbons (Fsp3) is 0.444. The maximum atomic E-state index is 6.59. The number of rotatable bonds is 3. The van der Waals surface area contributed by atoms with E-state index in [1.54, 1.807) is 7.11 Å². The van der Waals surface area contributed by atoms with Crippen LogP contribution in [0.2, 0.25) is 0 Å². The quantitative estimate of drug-likeness (QED) is 0.879. The standard InChI is InChI=1S/C18H23NO.ClH/c1-20-17-12-11-16(14-9-5-6-10-15(14)17)18(19)13-7-3-2-4-8-13;/h5-6,9-13,18H,2-4,7-8,19H2,1H3;1H/t18-;/m0./s1. The van der Waals surface area contributed by atoms with Gasteiger partial charge in [-0.2, -0.15) is 0 Å². The third-order valence-electron chi connectivity index (χ3n) is 4.65. The van der Waals surface area contributed by atoms with E-state index in [9.17, 15) is 0 Å². The van der Waals surface area contributed by atoms with Crippen molar-refractivity contribution < 1.29 is 4.74 Å². The average Bonchev–Trinajstić information content (AvgIpc) is 2.54. The number of methoxy groups -OCH3 is 1. The summed E-state index contributed by atoms with van der Waals surface area (Å²) in [6.07, 6.45) is 6.55. The first-order valence-corrected chi connectivity index (χ1v) is 7.62. The van der Waals surface area contributed by atoms with Crippen molar-refractivity contribution in [2.45, 2.75) is 38.1 Å².